The van der Waals surface area contributed by atoms with Crippen LogP contribution in [0, 0.1) is 29.0 Å². The Morgan fingerprint density at radius 1 is 1.11 bits per heavy atom. The molecule has 1 fully saturated rings. The van der Waals surface area contributed by atoms with Crippen molar-refractivity contribution in [1.82, 2.24) is 9.78 Å². The van der Waals surface area contributed by atoms with Gasteiger partial charge in [0, 0.05) is 17.2 Å². The zero-order valence-electron chi connectivity index (χ0n) is 23.7. The van der Waals surface area contributed by atoms with Crippen LogP contribution in [-0.2, 0) is 11.2 Å². The highest BCUT2D eigenvalue weighted by Gasteiger charge is 2.56. The fourth-order valence-corrected chi connectivity index (χ4v) is 7.00. The summed E-state index contributed by atoms with van der Waals surface area (Å²) in [6.07, 6.45) is -7.72. The van der Waals surface area contributed by atoms with Crippen LogP contribution < -0.4 is 10.1 Å². The van der Waals surface area contributed by atoms with Gasteiger partial charge in [-0.1, -0.05) is 30.2 Å². The van der Waals surface area contributed by atoms with Gasteiger partial charge < -0.3 is 10.1 Å². The number of hydrogen-bond donors (Lipinski definition) is 1. The van der Waals surface area contributed by atoms with Crippen LogP contribution in [0.25, 0.3) is 11.8 Å². The maximum atomic E-state index is 14.4. The van der Waals surface area contributed by atoms with Crippen molar-refractivity contribution in [2.24, 2.45) is 23.2 Å². The Morgan fingerprint density at radius 3 is 2.53 bits per heavy atom. The van der Waals surface area contributed by atoms with Crippen LogP contribution in [-0.4, -0.2) is 34.4 Å². The summed E-state index contributed by atoms with van der Waals surface area (Å²) in [7, 11) is 0. The number of allylic oxidation sites excluding steroid dienone is 3. The minimum absolute atomic E-state index is 0.169. The number of amides is 1. The molecule has 0 aliphatic heterocycles. The highest BCUT2D eigenvalue weighted by molar-refractivity contribution is 5.93. The third-order valence-corrected chi connectivity index (χ3v) is 9.07. The number of fused-ring (bicyclic) bond motifs is 4. The third kappa shape index (κ3) is 5.61. The summed E-state index contributed by atoms with van der Waals surface area (Å²) < 4.78 is 114. The van der Waals surface area contributed by atoms with Gasteiger partial charge in [0.2, 0.25) is 5.91 Å². The van der Waals surface area contributed by atoms with Crippen molar-refractivity contribution in [3.8, 4) is 11.4 Å². The van der Waals surface area contributed by atoms with Crippen LogP contribution in [0.3, 0.4) is 0 Å². The van der Waals surface area contributed by atoms with Crippen molar-refractivity contribution in [2.45, 2.75) is 51.3 Å². The number of nitrogens with zero attached hydrogens (tertiary/aromatic N) is 2. The second-order valence-electron chi connectivity index (χ2n) is 11.8. The van der Waals surface area contributed by atoms with E-state index in [-0.39, 0.29) is 12.1 Å². The molecular weight excluding hydrogens is 610 g/mol. The largest absolute Gasteiger partial charge is 0.461 e. The average Bonchev–Trinajstić information content (AvgIpc) is 3.37. The lowest BCUT2D eigenvalue weighted by atomic mass is 9.54. The Hall–Kier alpha value is -4.16. The van der Waals surface area contributed by atoms with Gasteiger partial charge in [0.1, 0.15) is 11.6 Å². The maximum Gasteiger partial charge on any atom is 0.461 e. The Morgan fingerprint density at radius 2 is 1.84 bits per heavy atom. The predicted octanol–water partition coefficient (Wildman–Crippen LogP) is 8.37. The summed E-state index contributed by atoms with van der Waals surface area (Å²) in [5, 5.41) is 6.88. The number of hydrogen-bond acceptors (Lipinski definition) is 3. The lowest BCUT2D eigenvalue weighted by molar-refractivity contribution is -0.253. The van der Waals surface area contributed by atoms with E-state index in [0.29, 0.717) is 18.5 Å². The Bertz CT molecular complexity index is 1680. The predicted molar refractivity (Wildman–Crippen MR) is 148 cm³/mol. The summed E-state index contributed by atoms with van der Waals surface area (Å²) in [4.78, 5) is 13.6. The van der Waals surface area contributed by atoms with E-state index >= 15 is 0 Å². The minimum atomic E-state index is -4.80. The topological polar surface area (TPSA) is 56.2 Å². The van der Waals surface area contributed by atoms with Gasteiger partial charge in [-0.2, -0.15) is 35.8 Å². The fourth-order valence-electron chi connectivity index (χ4n) is 7.00. The first-order chi connectivity index (χ1) is 21.2. The molecule has 0 radical (unpaired) electrons. The maximum absolute atomic E-state index is 14.4. The number of anilines is 1. The van der Waals surface area contributed by atoms with Crippen LogP contribution in [0.5, 0.6) is 5.75 Å². The van der Waals surface area contributed by atoms with Crippen LogP contribution in [0.2, 0.25) is 0 Å². The number of ether oxygens (including phenoxy) is 1. The molecule has 6 rings (SSSR count). The smallest absolute Gasteiger partial charge is 0.428 e. The molecule has 1 heterocycles. The molecule has 3 aromatic rings. The Kier molecular flexibility index (Phi) is 7.56. The summed E-state index contributed by atoms with van der Waals surface area (Å²) in [6, 6.07) is 10.1. The van der Waals surface area contributed by atoms with Gasteiger partial charge in [-0.25, -0.2) is 9.07 Å². The number of alkyl halides is 7. The molecule has 0 bridgehead atoms. The number of aromatic nitrogens is 2. The standard InChI is InChI=1S/C32H27F8N3O2/c1-30-15-17-16-41-43(21-8-6-19(33)7-9-21)26(17)13-18(30)5-10-23-24(30)11-12-25(31(36,37)38)27(23)28(44)42-20-3-2-4-22(14-20)45-32(39,40)29(34)35/h2-4,6-9,11,13-14,16,23,25,27,29H,5,10,12,15H2,1H3,(H,42,44)/t23?,25-,27-,30+/m1/s1. The van der Waals surface area contributed by atoms with Gasteiger partial charge in [0.15, 0.2) is 0 Å². The zero-order chi connectivity index (χ0) is 32.3. The molecule has 238 valence electrons. The first-order valence-electron chi connectivity index (χ1n) is 14.2. The van der Waals surface area contributed by atoms with Crippen LogP contribution in [0.4, 0.5) is 40.8 Å². The lowest BCUT2D eigenvalue weighted by Crippen LogP contribution is -2.49. The molecular formula is C32H27F8N3O2. The summed E-state index contributed by atoms with van der Waals surface area (Å²) in [5.74, 6) is -6.33. The molecule has 0 saturated heterocycles. The van der Waals surface area contributed by atoms with E-state index in [9.17, 15) is 39.9 Å². The lowest BCUT2D eigenvalue weighted by Gasteiger charge is -2.50. The second kappa shape index (κ2) is 11.0. The molecule has 3 aliphatic carbocycles. The average molecular weight is 638 g/mol. The van der Waals surface area contributed by atoms with Gasteiger partial charge in [0.25, 0.3) is 0 Å². The monoisotopic (exact) mass is 637 g/mol. The van der Waals surface area contributed by atoms with Gasteiger partial charge in [0.05, 0.1) is 29.4 Å². The summed E-state index contributed by atoms with van der Waals surface area (Å²) in [5.41, 5.74) is 3.15. The van der Waals surface area contributed by atoms with E-state index in [1.807, 2.05) is 13.0 Å². The molecule has 2 aromatic carbocycles. The highest BCUT2D eigenvalue weighted by Crippen LogP contribution is 2.59. The van der Waals surface area contributed by atoms with Crippen LogP contribution >= 0.6 is 0 Å². The third-order valence-electron chi connectivity index (χ3n) is 9.07. The number of nitrogens with one attached hydrogen (secondary N) is 1. The number of carbonyl (C=O) groups excluding carboxylic acids is 1. The Balaban J connectivity index is 1.30. The minimum Gasteiger partial charge on any atom is -0.428 e. The first-order valence-corrected chi connectivity index (χ1v) is 14.2. The van der Waals surface area contributed by atoms with Crippen molar-refractivity contribution in [3.63, 3.8) is 0 Å². The number of halogens is 8. The SMILES string of the molecule is C[C@]12Cc3cnn(-c4ccc(F)cc4)c3C=C1CCC1C2=CC[C@@H](C(F)(F)F)[C@@H]1C(=O)Nc1cccc(OC(F)(F)C(F)F)c1. The highest BCUT2D eigenvalue weighted by atomic mass is 19.4. The molecule has 1 N–H and O–H groups in total. The summed E-state index contributed by atoms with van der Waals surface area (Å²) in [6.45, 7) is 1.95. The molecule has 13 heteroatoms. The van der Waals surface area contributed by atoms with Crippen LogP contribution in [0.15, 0.2) is 72.0 Å². The van der Waals surface area contributed by atoms with Crippen LogP contribution in [0.1, 0.15) is 37.4 Å². The van der Waals surface area contributed by atoms with E-state index < -0.39 is 65.8 Å². The first kappa shape index (κ1) is 30.8. The van der Waals surface area contributed by atoms with Gasteiger partial charge in [-0.3, -0.25) is 4.79 Å². The molecule has 3 aliphatic rings. The van der Waals surface area contributed by atoms with Gasteiger partial charge in [-0.05, 0) is 79.6 Å². The summed E-state index contributed by atoms with van der Waals surface area (Å²) >= 11 is 0. The molecule has 1 unspecified atom stereocenters. The molecule has 1 saturated carbocycles. The zero-order valence-corrected chi connectivity index (χ0v) is 23.7. The van der Waals surface area contributed by atoms with Crippen molar-refractivity contribution >= 4 is 17.7 Å². The van der Waals surface area contributed by atoms with Crippen molar-refractivity contribution in [1.29, 1.82) is 0 Å². The Labute approximate surface area is 252 Å². The molecule has 4 atom stereocenters. The van der Waals surface area contributed by atoms with E-state index in [0.717, 1.165) is 40.6 Å². The van der Waals surface area contributed by atoms with Crippen molar-refractivity contribution in [3.05, 3.63) is 89.0 Å². The van der Waals surface area contributed by atoms with Crippen molar-refractivity contribution < 1.29 is 44.7 Å². The quantitative estimate of drug-likeness (QED) is 0.218. The molecule has 45 heavy (non-hydrogen) atoms. The molecule has 1 aromatic heterocycles. The number of carbonyl (C=O) groups is 1. The van der Waals surface area contributed by atoms with Crippen molar-refractivity contribution in [2.75, 3.05) is 5.32 Å². The van der Waals surface area contributed by atoms with E-state index in [1.165, 1.54) is 18.2 Å². The normalized spacial score (nSPS) is 24.6. The van der Waals surface area contributed by atoms with E-state index in [4.69, 9.17) is 0 Å². The number of benzene rings is 2. The molecule has 5 nitrogen and oxygen atoms in total. The fraction of sp³-hybridized carbons (Fsp3) is 0.375. The second-order valence-corrected chi connectivity index (χ2v) is 11.8. The van der Waals surface area contributed by atoms with E-state index in [2.05, 4.69) is 15.2 Å². The number of rotatable bonds is 6. The molecule has 0 spiro atoms. The molecule has 1 amide bonds. The van der Waals surface area contributed by atoms with Gasteiger partial charge in [-0.15, -0.1) is 0 Å². The van der Waals surface area contributed by atoms with E-state index in [1.54, 1.807) is 29.1 Å². The van der Waals surface area contributed by atoms with Gasteiger partial charge >= 0.3 is 18.7 Å².